The van der Waals surface area contributed by atoms with Crippen molar-refractivity contribution in [3.63, 3.8) is 0 Å². The number of para-hydroxylation sites is 1. The predicted molar refractivity (Wildman–Crippen MR) is 85.6 cm³/mol. The molecule has 112 valence electrons. The molecular weight excluding hydrogens is 246 g/mol. The number of rotatable bonds is 8. The monoisotopic (exact) mass is 275 g/mol. The minimum absolute atomic E-state index is 0.579. The lowest BCUT2D eigenvalue weighted by atomic mass is 9.98. The molecule has 0 bridgehead atoms. The molecule has 0 amide bonds. The highest BCUT2D eigenvalue weighted by atomic mass is 16.5. The Bertz CT molecular complexity index is 385. The molecular formula is C18H29NO. The minimum atomic E-state index is 0.579. The maximum absolute atomic E-state index is 6.01. The van der Waals surface area contributed by atoms with Crippen molar-refractivity contribution in [2.75, 3.05) is 26.2 Å². The number of benzene rings is 1. The number of ether oxygens (including phenoxy) is 1. The molecule has 0 unspecified atom stereocenters. The Kier molecular flexibility index (Phi) is 6.38. The Labute approximate surface area is 124 Å². The summed E-state index contributed by atoms with van der Waals surface area (Å²) in [6.45, 7) is 9.21. The van der Waals surface area contributed by atoms with E-state index in [2.05, 4.69) is 43.0 Å². The van der Waals surface area contributed by atoms with Crippen LogP contribution in [0.1, 0.15) is 57.4 Å². The van der Waals surface area contributed by atoms with Crippen LogP contribution in [0.15, 0.2) is 24.3 Å². The molecule has 2 rings (SSSR count). The first-order chi connectivity index (χ1) is 9.81. The summed E-state index contributed by atoms with van der Waals surface area (Å²) in [6, 6.07) is 8.50. The van der Waals surface area contributed by atoms with Gasteiger partial charge in [0.2, 0.25) is 0 Å². The van der Waals surface area contributed by atoms with Crippen molar-refractivity contribution in [1.82, 2.24) is 4.90 Å². The smallest absolute Gasteiger partial charge is 0.122 e. The van der Waals surface area contributed by atoms with Gasteiger partial charge in [0.25, 0.3) is 0 Å². The summed E-state index contributed by atoms with van der Waals surface area (Å²) in [7, 11) is 0. The molecule has 0 saturated carbocycles. The van der Waals surface area contributed by atoms with Gasteiger partial charge >= 0.3 is 0 Å². The van der Waals surface area contributed by atoms with Crippen LogP contribution in [0.5, 0.6) is 5.75 Å². The van der Waals surface area contributed by atoms with Gasteiger partial charge in [0.1, 0.15) is 5.75 Å². The zero-order chi connectivity index (χ0) is 14.2. The van der Waals surface area contributed by atoms with E-state index < -0.39 is 0 Å². The standard InChI is InChI=1S/C18H29NO/c1-3-16(2)17-10-4-5-11-18(17)20-15-9-8-14-19-12-6-7-13-19/h4-5,10-11,16H,3,6-9,12-15H2,1-2H3/t16-/m1/s1. The molecule has 2 heteroatoms. The topological polar surface area (TPSA) is 12.5 Å². The molecule has 20 heavy (non-hydrogen) atoms. The van der Waals surface area contributed by atoms with Crippen molar-refractivity contribution in [1.29, 1.82) is 0 Å². The Morgan fingerprint density at radius 2 is 1.90 bits per heavy atom. The predicted octanol–water partition coefficient (Wildman–Crippen LogP) is 4.45. The highest BCUT2D eigenvalue weighted by Gasteiger charge is 2.11. The molecule has 1 heterocycles. The van der Waals surface area contributed by atoms with Crippen molar-refractivity contribution in [3.8, 4) is 5.75 Å². The summed E-state index contributed by atoms with van der Waals surface area (Å²) < 4.78 is 6.01. The van der Waals surface area contributed by atoms with Crippen LogP contribution >= 0.6 is 0 Å². The molecule has 0 N–H and O–H groups in total. The maximum atomic E-state index is 6.01. The highest BCUT2D eigenvalue weighted by Crippen LogP contribution is 2.28. The third-order valence-electron chi connectivity index (χ3n) is 4.39. The molecule has 1 aromatic rings. The van der Waals surface area contributed by atoms with Crippen LogP contribution in [0.2, 0.25) is 0 Å². The third-order valence-corrected chi connectivity index (χ3v) is 4.39. The van der Waals surface area contributed by atoms with Gasteiger partial charge in [-0.3, -0.25) is 0 Å². The van der Waals surface area contributed by atoms with Crippen molar-refractivity contribution < 1.29 is 4.74 Å². The fraction of sp³-hybridized carbons (Fsp3) is 0.667. The van der Waals surface area contributed by atoms with Gasteiger partial charge in [-0.25, -0.2) is 0 Å². The molecule has 0 aromatic heterocycles. The SMILES string of the molecule is CC[C@@H](C)c1ccccc1OCCCCN1CCCC1. The van der Waals surface area contributed by atoms with E-state index in [4.69, 9.17) is 4.74 Å². The molecule has 0 aliphatic carbocycles. The van der Waals surface area contributed by atoms with Crippen molar-refractivity contribution in [2.45, 2.75) is 51.9 Å². The molecule has 1 atom stereocenters. The van der Waals surface area contributed by atoms with Crippen LogP contribution in [-0.4, -0.2) is 31.1 Å². The first-order valence-corrected chi connectivity index (χ1v) is 8.25. The van der Waals surface area contributed by atoms with Gasteiger partial charge < -0.3 is 9.64 Å². The first kappa shape index (κ1) is 15.4. The number of likely N-dealkylation sites (tertiary alicyclic amines) is 1. The molecule has 0 spiro atoms. The number of unbranched alkanes of at least 4 members (excludes halogenated alkanes) is 1. The Balaban J connectivity index is 1.70. The lowest BCUT2D eigenvalue weighted by molar-refractivity contribution is 0.277. The number of nitrogens with zero attached hydrogens (tertiary/aromatic N) is 1. The second-order valence-electron chi connectivity index (χ2n) is 5.95. The lowest BCUT2D eigenvalue weighted by Crippen LogP contribution is -2.20. The fourth-order valence-corrected chi connectivity index (χ4v) is 2.86. The molecule has 1 saturated heterocycles. The molecule has 2 nitrogen and oxygen atoms in total. The van der Waals surface area contributed by atoms with Crippen molar-refractivity contribution in [3.05, 3.63) is 29.8 Å². The summed E-state index contributed by atoms with van der Waals surface area (Å²) in [5.74, 6) is 1.67. The highest BCUT2D eigenvalue weighted by molar-refractivity contribution is 5.35. The second kappa shape index (κ2) is 8.31. The first-order valence-electron chi connectivity index (χ1n) is 8.25. The van der Waals surface area contributed by atoms with Crippen LogP contribution in [0.4, 0.5) is 0 Å². The summed E-state index contributed by atoms with van der Waals surface area (Å²) >= 11 is 0. The zero-order valence-corrected chi connectivity index (χ0v) is 13.1. The average molecular weight is 275 g/mol. The van der Waals surface area contributed by atoms with Gasteiger partial charge in [0.15, 0.2) is 0 Å². The van der Waals surface area contributed by atoms with E-state index in [1.807, 2.05) is 0 Å². The summed E-state index contributed by atoms with van der Waals surface area (Å²) in [5, 5.41) is 0. The Morgan fingerprint density at radius 3 is 2.65 bits per heavy atom. The van der Waals surface area contributed by atoms with Crippen molar-refractivity contribution in [2.24, 2.45) is 0 Å². The Morgan fingerprint density at radius 1 is 1.15 bits per heavy atom. The maximum Gasteiger partial charge on any atom is 0.122 e. The fourth-order valence-electron chi connectivity index (χ4n) is 2.86. The van der Waals surface area contributed by atoms with Crippen LogP contribution in [0, 0.1) is 0 Å². The van der Waals surface area contributed by atoms with Crippen LogP contribution in [0.3, 0.4) is 0 Å². The van der Waals surface area contributed by atoms with E-state index in [9.17, 15) is 0 Å². The molecule has 0 radical (unpaired) electrons. The molecule has 1 aromatic carbocycles. The van der Waals surface area contributed by atoms with Gasteiger partial charge in [0, 0.05) is 0 Å². The lowest BCUT2D eigenvalue weighted by Gasteiger charge is -2.17. The summed E-state index contributed by atoms with van der Waals surface area (Å²) in [5.41, 5.74) is 1.36. The second-order valence-corrected chi connectivity index (χ2v) is 5.95. The van der Waals surface area contributed by atoms with Gasteiger partial charge in [-0.15, -0.1) is 0 Å². The van der Waals surface area contributed by atoms with Crippen LogP contribution < -0.4 is 4.74 Å². The average Bonchev–Trinajstić information content (AvgIpc) is 3.00. The van der Waals surface area contributed by atoms with E-state index in [-0.39, 0.29) is 0 Å². The normalized spacial score (nSPS) is 17.3. The van der Waals surface area contributed by atoms with E-state index >= 15 is 0 Å². The Hall–Kier alpha value is -1.02. The molecule has 1 aliphatic rings. The van der Waals surface area contributed by atoms with Gasteiger partial charge in [-0.1, -0.05) is 32.0 Å². The minimum Gasteiger partial charge on any atom is -0.493 e. The van der Waals surface area contributed by atoms with Crippen LogP contribution in [-0.2, 0) is 0 Å². The largest absolute Gasteiger partial charge is 0.493 e. The number of hydrogen-bond donors (Lipinski definition) is 0. The summed E-state index contributed by atoms with van der Waals surface area (Å²) in [6.07, 6.45) is 6.35. The van der Waals surface area contributed by atoms with Crippen molar-refractivity contribution >= 4 is 0 Å². The van der Waals surface area contributed by atoms with E-state index in [1.165, 1.54) is 44.5 Å². The van der Waals surface area contributed by atoms with Gasteiger partial charge in [-0.05, 0) is 69.3 Å². The quantitative estimate of drug-likeness (QED) is 0.650. The van der Waals surface area contributed by atoms with E-state index in [0.29, 0.717) is 5.92 Å². The summed E-state index contributed by atoms with van der Waals surface area (Å²) in [4.78, 5) is 2.58. The molecule has 1 aliphatic heterocycles. The zero-order valence-electron chi connectivity index (χ0n) is 13.1. The van der Waals surface area contributed by atoms with E-state index in [1.54, 1.807) is 0 Å². The van der Waals surface area contributed by atoms with E-state index in [0.717, 1.165) is 25.2 Å². The van der Waals surface area contributed by atoms with Crippen LogP contribution in [0.25, 0.3) is 0 Å². The molecule has 1 fully saturated rings. The van der Waals surface area contributed by atoms with Gasteiger partial charge in [0.05, 0.1) is 6.61 Å². The third kappa shape index (κ3) is 4.52. The number of hydrogen-bond acceptors (Lipinski definition) is 2. The van der Waals surface area contributed by atoms with Gasteiger partial charge in [-0.2, -0.15) is 0 Å².